The second kappa shape index (κ2) is 6.80. The Morgan fingerprint density at radius 2 is 2.05 bits per heavy atom. The number of urea groups is 1. The number of rotatable bonds is 3. The molecule has 0 bridgehead atoms. The highest BCUT2D eigenvalue weighted by Crippen LogP contribution is 2.30. The van der Waals surface area contributed by atoms with E-state index in [0.717, 1.165) is 11.3 Å². The van der Waals surface area contributed by atoms with E-state index in [-0.39, 0.29) is 6.03 Å². The normalized spacial score (nSPS) is 16.2. The number of nitrogens with one attached hydrogen (secondary N) is 2. The van der Waals surface area contributed by atoms with Crippen molar-refractivity contribution in [2.24, 2.45) is 5.92 Å². The number of benzene rings is 1. The lowest BCUT2D eigenvalue weighted by atomic mass is 10.0. The molecule has 0 atom stereocenters. The maximum Gasteiger partial charge on any atom is 0.323 e. The average molecular weight is 293 g/mol. The summed E-state index contributed by atoms with van der Waals surface area (Å²) in [4.78, 5) is 11.9. The Labute approximate surface area is 125 Å². The fraction of sp³-hybridized carbons (Fsp3) is 0.438. The predicted molar refractivity (Wildman–Crippen MR) is 84.1 cm³/mol. The van der Waals surface area contributed by atoms with Crippen LogP contribution in [-0.4, -0.2) is 6.03 Å². The van der Waals surface area contributed by atoms with Gasteiger partial charge in [-0.3, -0.25) is 0 Å². The third-order valence-electron chi connectivity index (χ3n) is 3.95. The Hall–Kier alpha value is -1.48. The highest BCUT2D eigenvalue weighted by Gasteiger charge is 2.16. The van der Waals surface area contributed by atoms with E-state index < -0.39 is 0 Å². The highest BCUT2D eigenvalue weighted by molar-refractivity contribution is 6.31. The van der Waals surface area contributed by atoms with Gasteiger partial charge in [0.25, 0.3) is 0 Å². The molecular weight excluding hydrogens is 272 g/mol. The lowest BCUT2D eigenvalue weighted by Gasteiger charge is -2.12. The summed E-state index contributed by atoms with van der Waals surface area (Å²) in [5.74, 6) is 0.628. The first-order valence-corrected chi connectivity index (χ1v) is 7.45. The Bertz CT molecular complexity index is 519. The first kappa shape index (κ1) is 14.9. The van der Waals surface area contributed by atoms with Crippen LogP contribution in [0.25, 0.3) is 0 Å². The topological polar surface area (TPSA) is 41.1 Å². The lowest BCUT2D eigenvalue weighted by Crippen LogP contribution is -2.25. The molecular formula is C16H21ClN2O. The predicted octanol–water partition coefficient (Wildman–Crippen LogP) is 4.86. The third kappa shape index (κ3) is 3.76. The van der Waals surface area contributed by atoms with E-state index in [0.29, 0.717) is 10.9 Å². The molecule has 20 heavy (non-hydrogen) atoms. The monoisotopic (exact) mass is 292 g/mol. The van der Waals surface area contributed by atoms with Gasteiger partial charge in [-0.25, -0.2) is 4.79 Å². The van der Waals surface area contributed by atoms with Crippen molar-refractivity contribution in [1.29, 1.82) is 0 Å². The molecule has 0 saturated heterocycles. The molecule has 1 aliphatic rings. The van der Waals surface area contributed by atoms with E-state index in [1.807, 2.05) is 31.3 Å². The van der Waals surface area contributed by atoms with Crippen LogP contribution >= 0.6 is 11.6 Å². The van der Waals surface area contributed by atoms with E-state index >= 15 is 0 Å². The molecule has 0 radical (unpaired) electrons. The van der Waals surface area contributed by atoms with Crippen molar-refractivity contribution in [1.82, 2.24) is 5.32 Å². The van der Waals surface area contributed by atoms with Gasteiger partial charge in [-0.05, 0) is 50.3 Å². The number of anilines is 1. The van der Waals surface area contributed by atoms with Crippen LogP contribution in [0.15, 0.2) is 30.0 Å². The summed E-state index contributed by atoms with van der Waals surface area (Å²) in [5, 5.41) is 6.27. The van der Waals surface area contributed by atoms with Crippen molar-refractivity contribution in [2.75, 3.05) is 5.32 Å². The lowest BCUT2D eigenvalue weighted by molar-refractivity contribution is 0.255. The molecule has 0 unspecified atom stereocenters. The van der Waals surface area contributed by atoms with Gasteiger partial charge in [0.15, 0.2) is 0 Å². The summed E-state index contributed by atoms with van der Waals surface area (Å²) in [6.45, 7) is 3.97. The van der Waals surface area contributed by atoms with E-state index in [4.69, 9.17) is 11.6 Å². The quantitative estimate of drug-likeness (QED) is 0.820. The van der Waals surface area contributed by atoms with Gasteiger partial charge in [0.05, 0.1) is 0 Å². The molecule has 3 nitrogen and oxygen atoms in total. The number of carbonyl (C=O) groups excluding carboxylic acids is 1. The zero-order valence-electron chi connectivity index (χ0n) is 12.0. The van der Waals surface area contributed by atoms with Crippen LogP contribution in [-0.2, 0) is 0 Å². The molecule has 0 spiro atoms. The number of allylic oxidation sites excluding steroid dienone is 1. The smallest absolute Gasteiger partial charge is 0.314 e. The molecule has 108 valence electrons. The maximum absolute atomic E-state index is 11.9. The summed E-state index contributed by atoms with van der Waals surface area (Å²) < 4.78 is 0. The van der Waals surface area contributed by atoms with Gasteiger partial charge in [-0.2, -0.15) is 0 Å². The molecule has 4 heteroatoms. The SMILES string of the molecule is C/C(=C\NC(=O)Nc1cccc(Cl)c1C)C1CCCC1. The van der Waals surface area contributed by atoms with Crippen molar-refractivity contribution in [3.8, 4) is 0 Å². The third-order valence-corrected chi connectivity index (χ3v) is 4.36. The number of amides is 2. The molecule has 0 aromatic heterocycles. The molecule has 0 heterocycles. The van der Waals surface area contributed by atoms with Gasteiger partial charge >= 0.3 is 6.03 Å². The van der Waals surface area contributed by atoms with Crippen LogP contribution < -0.4 is 10.6 Å². The van der Waals surface area contributed by atoms with Gasteiger partial charge in [0.2, 0.25) is 0 Å². The summed E-state index contributed by atoms with van der Waals surface area (Å²) in [6.07, 6.45) is 6.89. The minimum atomic E-state index is -0.229. The summed E-state index contributed by atoms with van der Waals surface area (Å²) in [5.41, 5.74) is 2.86. The van der Waals surface area contributed by atoms with Crippen LogP contribution in [0, 0.1) is 12.8 Å². The first-order valence-electron chi connectivity index (χ1n) is 7.07. The molecule has 1 fully saturated rings. The van der Waals surface area contributed by atoms with Crippen LogP contribution in [0.4, 0.5) is 10.5 Å². The number of hydrogen-bond donors (Lipinski definition) is 2. The maximum atomic E-state index is 11.9. The van der Waals surface area contributed by atoms with Crippen molar-refractivity contribution >= 4 is 23.3 Å². The highest BCUT2D eigenvalue weighted by atomic mass is 35.5. The van der Waals surface area contributed by atoms with Gasteiger partial charge in [0, 0.05) is 16.9 Å². The molecule has 1 aromatic rings. The average Bonchev–Trinajstić information content (AvgIpc) is 2.95. The molecule has 1 saturated carbocycles. The zero-order chi connectivity index (χ0) is 14.5. The molecule has 2 rings (SSSR count). The van der Waals surface area contributed by atoms with E-state index in [9.17, 15) is 4.79 Å². The molecule has 2 N–H and O–H groups in total. The Balaban J connectivity index is 1.92. The minimum Gasteiger partial charge on any atom is -0.314 e. The zero-order valence-corrected chi connectivity index (χ0v) is 12.8. The number of carbonyl (C=O) groups is 1. The van der Waals surface area contributed by atoms with Crippen molar-refractivity contribution in [3.63, 3.8) is 0 Å². The van der Waals surface area contributed by atoms with E-state index in [1.54, 1.807) is 0 Å². The van der Waals surface area contributed by atoms with Crippen LogP contribution in [0.2, 0.25) is 5.02 Å². The van der Waals surface area contributed by atoms with Gasteiger partial charge in [-0.15, -0.1) is 0 Å². The second-order valence-corrected chi connectivity index (χ2v) is 5.79. The minimum absolute atomic E-state index is 0.229. The van der Waals surface area contributed by atoms with Gasteiger partial charge < -0.3 is 10.6 Å². The fourth-order valence-corrected chi connectivity index (χ4v) is 2.75. The molecule has 2 amide bonds. The molecule has 0 aliphatic heterocycles. The molecule has 1 aromatic carbocycles. The van der Waals surface area contributed by atoms with Gasteiger partial charge in [0.1, 0.15) is 0 Å². The Morgan fingerprint density at radius 3 is 2.75 bits per heavy atom. The van der Waals surface area contributed by atoms with Crippen LogP contribution in [0.5, 0.6) is 0 Å². The Kier molecular flexibility index (Phi) is 5.07. The Morgan fingerprint density at radius 1 is 1.35 bits per heavy atom. The van der Waals surface area contributed by atoms with Crippen LogP contribution in [0.3, 0.4) is 0 Å². The molecule has 1 aliphatic carbocycles. The number of halogens is 1. The largest absolute Gasteiger partial charge is 0.323 e. The van der Waals surface area contributed by atoms with Crippen molar-refractivity contribution in [2.45, 2.75) is 39.5 Å². The van der Waals surface area contributed by atoms with E-state index in [1.165, 1.54) is 31.3 Å². The second-order valence-electron chi connectivity index (χ2n) is 5.38. The first-order chi connectivity index (χ1) is 9.58. The summed E-state index contributed by atoms with van der Waals surface area (Å²) >= 11 is 6.03. The van der Waals surface area contributed by atoms with Crippen molar-refractivity contribution < 1.29 is 4.79 Å². The van der Waals surface area contributed by atoms with Crippen LogP contribution in [0.1, 0.15) is 38.2 Å². The van der Waals surface area contributed by atoms with Gasteiger partial charge in [-0.1, -0.05) is 36.1 Å². The van der Waals surface area contributed by atoms with E-state index in [2.05, 4.69) is 17.6 Å². The van der Waals surface area contributed by atoms with Crippen molar-refractivity contribution in [3.05, 3.63) is 40.6 Å². The standard InChI is InChI=1S/C16H21ClN2O/c1-11(13-6-3-4-7-13)10-18-16(20)19-15-9-5-8-14(17)12(15)2/h5,8-10,13H,3-4,6-7H2,1-2H3,(H2,18,19,20)/b11-10+. The summed E-state index contributed by atoms with van der Waals surface area (Å²) in [6, 6.07) is 5.25. The summed E-state index contributed by atoms with van der Waals surface area (Å²) in [7, 11) is 0. The fourth-order valence-electron chi connectivity index (χ4n) is 2.58. The number of hydrogen-bond acceptors (Lipinski definition) is 1.